The first-order chi connectivity index (χ1) is 14.1. The molecule has 2 aromatic rings. The normalized spacial score (nSPS) is 20.1. The zero-order valence-electron chi connectivity index (χ0n) is 18.0. The average Bonchev–Trinajstić information content (AvgIpc) is 2.75. The number of carbonyl (C=O) groups excluding carboxylic acids is 1. The number of ether oxygens (including phenoxy) is 1. The zero-order chi connectivity index (χ0) is 20.6. The second-order valence-electron chi connectivity index (χ2n) is 8.09. The minimum Gasteiger partial charge on any atom is -0.497 e. The number of hydrogen-bond acceptors (Lipinski definition) is 2. The summed E-state index contributed by atoms with van der Waals surface area (Å²) < 4.78 is 5.23. The molecular weight excluding hydrogens is 362 g/mol. The fraction of sp³-hybridized carbons (Fsp3) is 0.458. The Morgan fingerprint density at radius 3 is 2.14 bits per heavy atom. The summed E-state index contributed by atoms with van der Waals surface area (Å²) in [6.45, 7) is 10.1. The van der Waals surface area contributed by atoms with Crippen LogP contribution in [0.15, 0.2) is 48.5 Å². The molecule has 1 aliphatic heterocycles. The van der Waals surface area contributed by atoms with Crippen molar-refractivity contribution < 1.29 is 19.3 Å². The van der Waals surface area contributed by atoms with Crippen molar-refractivity contribution in [1.82, 2.24) is 5.32 Å². The Bertz CT molecular complexity index is 766. The smallest absolute Gasteiger partial charge is 0.275 e. The van der Waals surface area contributed by atoms with Crippen LogP contribution in [0.3, 0.4) is 0 Å². The number of hydrogen-bond donors (Lipinski definition) is 3. The van der Waals surface area contributed by atoms with Crippen LogP contribution in [0.2, 0.25) is 0 Å². The molecular formula is C24H35N3O2+2. The lowest BCUT2D eigenvalue weighted by Gasteiger charge is -2.29. The lowest BCUT2D eigenvalue weighted by atomic mass is 10.1. The summed E-state index contributed by atoms with van der Waals surface area (Å²) in [6.07, 6.45) is 1.04. The quantitative estimate of drug-likeness (QED) is 0.605. The maximum absolute atomic E-state index is 12.5. The highest BCUT2D eigenvalue weighted by Crippen LogP contribution is 2.13. The SMILES string of the molecule is CCc1ccc([C@@H](C)NC(=O)C[NH+]2CC[NH+](Cc3ccc(OC)cc3)CC2)cc1. The van der Waals surface area contributed by atoms with E-state index in [0.717, 1.165) is 44.9 Å². The van der Waals surface area contributed by atoms with Gasteiger partial charge >= 0.3 is 0 Å². The standard InChI is InChI=1S/C24H33N3O2/c1-4-20-5-9-22(10-6-20)19(2)25-24(28)18-27-15-13-26(14-16-27)17-21-7-11-23(29-3)12-8-21/h5-12,19H,4,13-18H2,1-3H3,(H,25,28)/p+2/t19-/m1/s1. The molecule has 0 radical (unpaired) electrons. The van der Waals surface area contributed by atoms with E-state index in [1.165, 1.54) is 21.6 Å². The molecule has 0 unspecified atom stereocenters. The molecule has 0 spiro atoms. The van der Waals surface area contributed by atoms with Crippen molar-refractivity contribution in [2.45, 2.75) is 32.9 Å². The summed E-state index contributed by atoms with van der Waals surface area (Å²) in [5.74, 6) is 1.05. The van der Waals surface area contributed by atoms with E-state index in [0.29, 0.717) is 6.54 Å². The van der Waals surface area contributed by atoms with Gasteiger partial charge in [-0.1, -0.05) is 31.2 Å². The molecule has 5 heteroatoms. The molecule has 1 saturated heterocycles. The van der Waals surface area contributed by atoms with Crippen molar-refractivity contribution >= 4 is 5.91 Å². The van der Waals surface area contributed by atoms with Crippen LogP contribution in [0.5, 0.6) is 5.75 Å². The van der Waals surface area contributed by atoms with Gasteiger partial charge in [-0.2, -0.15) is 0 Å². The van der Waals surface area contributed by atoms with Crippen LogP contribution >= 0.6 is 0 Å². The first kappa shape index (κ1) is 21.3. The van der Waals surface area contributed by atoms with Crippen LogP contribution in [-0.4, -0.2) is 45.7 Å². The maximum atomic E-state index is 12.5. The van der Waals surface area contributed by atoms with Gasteiger partial charge in [-0.05, 0) is 48.7 Å². The molecule has 1 amide bonds. The van der Waals surface area contributed by atoms with E-state index in [9.17, 15) is 4.79 Å². The monoisotopic (exact) mass is 397 g/mol. The van der Waals surface area contributed by atoms with Gasteiger partial charge in [-0.3, -0.25) is 4.79 Å². The van der Waals surface area contributed by atoms with Crippen molar-refractivity contribution in [3.8, 4) is 5.75 Å². The molecule has 3 N–H and O–H groups in total. The second-order valence-corrected chi connectivity index (χ2v) is 8.09. The number of amides is 1. The van der Waals surface area contributed by atoms with Gasteiger partial charge in [0.2, 0.25) is 0 Å². The molecule has 0 aliphatic carbocycles. The van der Waals surface area contributed by atoms with Gasteiger partial charge in [-0.25, -0.2) is 0 Å². The number of rotatable bonds is 8. The van der Waals surface area contributed by atoms with Crippen molar-refractivity contribution in [2.24, 2.45) is 0 Å². The summed E-state index contributed by atoms with van der Waals surface area (Å²) in [5.41, 5.74) is 3.83. The largest absolute Gasteiger partial charge is 0.497 e. The van der Waals surface area contributed by atoms with Gasteiger partial charge in [-0.15, -0.1) is 0 Å². The van der Waals surface area contributed by atoms with Crippen LogP contribution in [0.4, 0.5) is 0 Å². The topological polar surface area (TPSA) is 47.2 Å². The van der Waals surface area contributed by atoms with Gasteiger partial charge in [0, 0.05) is 5.56 Å². The van der Waals surface area contributed by atoms with Crippen molar-refractivity contribution in [3.63, 3.8) is 0 Å². The van der Waals surface area contributed by atoms with Gasteiger partial charge in [0.25, 0.3) is 5.91 Å². The summed E-state index contributed by atoms with van der Waals surface area (Å²) in [5, 5.41) is 3.16. The fourth-order valence-electron chi connectivity index (χ4n) is 3.99. The lowest BCUT2D eigenvalue weighted by molar-refractivity contribution is -1.02. The lowest BCUT2D eigenvalue weighted by Crippen LogP contribution is -3.28. The number of nitrogens with one attached hydrogen (secondary N) is 3. The Morgan fingerprint density at radius 2 is 1.55 bits per heavy atom. The van der Waals surface area contributed by atoms with Crippen LogP contribution in [0, 0.1) is 0 Å². The molecule has 0 bridgehead atoms. The fourth-order valence-corrected chi connectivity index (χ4v) is 3.99. The molecule has 1 heterocycles. The van der Waals surface area contributed by atoms with Crippen LogP contribution < -0.4 is 19.9 Å². The van der Waals surface area contributed by atoms with E-state index in [1.54, 1.807) is 12.0 Å². The molecule has 2 aromatic carbocycles. The Kier molecular flexibility index (Phi) is 7.67. The highest BCUT2D eigenvalue weighted by atomic mass is 16.5. The van der Waals surface area contributed by atoms with Crippen LogP contribution in [-0.2, 0) is 17.8 Å². The molecule has 0 saturated carbocycles. The Morgan fingerprint density at radius 1 is 0.966 bits per heavy atom. The second kappa shape index (κ2) is 10.4. The zero-order valence-corrected chi connectivity index (χ0v) is 18.0. The molecule has 5 nitrogen and oxygen atoms in total. The number of methoxy groups -OCH3 is 1. The molecule has 1 fully saturated rings. The summed E-state index contributed by atoms with van der Waals surface area (Å²) in [6, 6.07) is 16.9. The van der Waals surface area contributed by atoms with E-state index >= 15 is 0 Å². The Balaban J connectivity index is 1.40. The summed E-state index contributed by atoms with van der Waals surface area (Å²) >= 11 is 0. The van der Waals surface area contributed by atoms with E-state index < -0.39 is 0 Å². The highest BCUT2D eigenvalue weighted by molar-refractivity contribution is 5.77. The third-order valence-corrected chi connectivity index (χ3v) is 5.95. The number of aryl methyl sites for hydroxylation is 1. The van der Waals surface area contributed by atoms with Crippen molar-refractivity contribution in [2.75, 3.05) is 39.8 Å². The first-order valence-corrected chi connectivity index (χ1v) is 10.8. The molecule has 3 rings (SSSR count). The first-order valence-electron chi connectivity index (χ1n) is 10.8. The predicted molar refractivity (Wildman–Crippen MR) is 115 cm³/mol. The van der Waals surface area contributed by atoms with E-state index in [-0.39, 0.29) is 11.9 Å². The minimum absolute atomic E-state index is 0.0507. The van der Waals surface area contributed by atoms with Gasteiger partial charge in [0.05, 0.1) is 13.2 Å². The molecule has 1 aliphatic rings. The molecule has 0 aromatic heterocycles. The van der Waals surface area contributed by atoms with Gasteiger partial charge in [0.15, 0.2) is 6.54 Å². The van der Waals surface area contributed by atoms with Crippen LogP contribution in [0.25, 0.3) is 0 Å². The van der Waals surface area contributed by atoms with E-state index in [1.807, 2.05) is 12.1 Å². The summed E-state index contributed by atoms with van der Waals surface area (Å²) in [4.78, 5) is 15.5. The molecule has 156 valence electrons. The number of piperazine rings is 1. The number of quaternary nitrogens is 2. The maximum Gasteiger partial charge on any atom is 0.275 e. The Labute approximate surface area is 174 Å². The van der Waals surface area contributed by atoms with Crippen molar-refractivity contribution in [3.05, 3.63) is 65.2 Å². The van der Waals surface area contributed by atoms with Crippen molar-refractivity contribution in [1.29, 1.82) is 0 Å². The van der Waals surface area contributed by atoms with E-state index in [4.69, 9.17) is 4.74 Å². The Hall–Kier alpha value is -2.37. The van der Waals surface area contributed by atoms with Gasteiger partial charge < -0.3 is 19.9 Å². The third kappa shape index (κ3) is 6.31. The van der Waals surface area contributed by atoms with Gasteiger partial charge in [0.1, 0.15) is 38.5 Å². The minimum atomic E-state index is 0.0507. The average molecular weight is 398 g/mol. The molecule has 29 heavy (non-hydrogen) atoms. The third-order valence-electron chi connectivity index (χ3n) is 5.95. The predicted octanol–water partition coefficient (Wildman–Crippen LogP) is 0.418. The van der Waals surface area contributed by atoms with E-state index in [2.05, 4.69) is 55.6 Å². The number of carbonyl (C=O) groups is 1. The highest BCUT2D eigenvalue weighted by Gasteiger charge is 2.25. The molecule has 1 atom stereocenters. The van der Waals surface area contributed by atoms with Crippen LogP contribution in [0.1, 0.15) is 36.6 Å². The summed E-state index contributed by atoms with van der Waals surface area (Å²) in [7, 11) is 1.70. The number of benzene rings is 2.